The molecule has 0 aromatic heterocycles. The van der Waals surface area contributed by atoms with Crippen LogP contribution in [-0.4, -0.2) is 48.4 Å². The van der Waals surface area contributed by atoms with Crippen LogP contribution in [0.15, 0.2) is 15.0 Å². The number of nitrogens with two attached hydrogens (primary N) is 1. The van der Waals surface area contributed by atoms with Gasteiger partial charge < -0.3 is 11.1 Å². The maximum Gasteiger partial charge on any atom is 0.260 e. The molecule has 0 aliphatic heterocycles. The van der Waals surface area contributed by atoms with Crippen molar-refractivity contribution in [1.82, 2.24) is 10.5 Å². The second-order valence-corrected chi connectivity index (χ2v) is 3.72. The minimum atomic E-state index is 0.0113. The van der Waals surface area contributed by atoms with Crippen LogP contribution >= 0.6 is 0 Å². The lowest BCUT2D eigenvalue weighted by molar-refractivity contribution is -0.268. The highest BCUT2D eigenvalue weighted by Gasteiger charge is 2.09. The van der Waals surface area contributed by atoms with Gasteiger partial charge in [0.15, 0.2) is 0 Å². The van der Waals surface area contributed by atoms with E-state index in [0.717, 1.165) is 12.8 Å². The first-order valence-electron chi connectivity index (χ1n) is 6.24. The van der Waals surface area contributed by atoms with Crippen molar-refractivity contribution in [1.29, 1.82) is 0 Å². The largest absolute Gasteiger partial charge is 0.368 e. The first-order valence-corrected chi connectivity index (χ1v) is 6.24. The smallest absolute Gasteiger partial charge is 0.260 e. The van der Waals surface area contributed by atoms with Crippen LogP contribution < -0.4 is 11.1 Å². The van der Waals surface area contributed by atoms with Crippen LogP contribution in [0.3, 0.4) is 0 Å². The fourth-order valence-corrected chi connectivity index (χ4v) is 1.06. The zero-order valence-electron chi connectivity index (χ0n) is 12.1. The van der Waals surface area contributed by atoms with Gasteiger partial charge in [-0.05, 0) is 19.8 Å². The lowest BCUT2D eigenvalue weighted by atomic mass is 10.5. The van der Waals surface area contributed by atoms with E-state index in [1.165, 1.54) is 7.11 Å². The van der Waals surface area contributed by atoms with E-state index < -0.39 is 0 Å². The molecule has 0 aromatic carbocycles. The highest BCUT2D eigenvalue weighted by Crippen LogP contribution is 1.89. The summed E-state index contributed by atoms with van der Waals surface area (Å²) in [5.74, 6) is 0.668. The summed E-state index contributed by atoms with van der Waals surface area (Å²) in [7, 11) is 1.30. The Morgan fingerprint density at radius 3 is 2.37 bits per heavy atom. The van der Waals surface area contributed by atoms with Crippen molar-refractivity contribution >= 4 is 17.8 Å². The third kappa shape index (κ3) is 8.11. The van der Waals surface area contributed by atoms with Crippen LogP contribution in [0.4, 0.5) is 0 Å². The van der Waals surface area contributed by atoms with E-state index in [-0.39, 0.29) is 11.9 Å². The minimum absolute atomic E-state index is 0.0113. The summed E-state index contributed by atoms with van der Waals surface area (Å²) in [6.45, 7) is 7.02. The number of hydrogen-bond donors (Lipinski definition) is 3. The van der Waals surface area contributed by atoms with Gasteiger partial charge in [-0.15, -0.1) is 0 Å². The standard InChI is InChI=1S/C11H24N6O2/c1-5-7-13-9(3)15-11(17(18)19-4)16-10(12)14-8-6-2/h18H,5-8H2,1-4H3,(H3,12,13,14,15,16). The van der Waals surface area contributed by atoms with Gasteiger partial charge in [-0.2, -0.15) is 4.99 Å². The molecule has 0 unspecified atom stereocenters. The van der Waals surface area contributed by atoms with Crippen molar-refractivity contribution in [3.8, 4) is 0 Å². The Labute approximate surface area is 114 Å². The van der Waals surface area contributed by atoms with Crippen molar-refractivity contribution < 1.29 is 10.0 Å². The van der Waals surface area contributed by atoms with Gasteiger partial charge in [-0.3, -0.25) is 15.2 Å². The summed E-state index contributed by atoms with van der Waals surface area (Å²) in [5, 5.41) is 12.8. The van der Waals surface area contributed by atoms with Crippen LogP contribution in [-0.2, 0) is 4.84 Å². The molecule has 0 atom stereocenters. The van der Waals surface area contributed by atoms with E-state index in [2.05, 4.69) is 25.1 Å². The lowest BCUT2D eigenvalue weighted by Gasteiger charge is -2.16. The number of amidine groups is 1. The fourth-order valence-electron chi connectivity index (χ4n) is 1.06. The van der Waals surface area contributed by atoms with Crippen LogP contribution in [0.2, 0.25) is 0 Å². The van der Waals surface area contributed by atoms with Crippen molar-refractivity contribution in [2.45, 2.75) is 33.6 Å². The zero-order chi connectivity index (χ0) is 14.7. The average molecular weight is 272 g/mol. The summed E-state index contributed by atoms with van der Waals surface area (Å²) in [6, 6.07) is 0. The summed E-state index contributed by atoms with van der Waals surface area (Å²) in [4.78, 5) is 16.8. The van der Waals surface area contributed by atoms with Crippen molar-refractivity contribution in [2.75, 3.05) is 20.2 Å². The molecule has 8 heteroatoms. The monoisotopic (exact) mass is 272 g/mol. The predicted molar refractivity (Wildman–Crippen MR) is 76.3 cm³/mol. The zero-order valence-corrected chi connectivity index (χ0v) is 12.1. The Balaban J connectivity index is 4.86. The first kappa shape index (κ1) is 17.3. The van der Waals surface area contributed by atoms with Gasteiger partial charge in [-0.1, -0.05) is 19.1 Å². The van der Waals surface area contributed by atoms with E-state index >= 15 is 0 Å². The second kappa shape index (κ2) is 10.3. The Hall–Kier alpha value is -1.67. The molecule has 0 amide bonds. The first-order chi connectivity index (χ1) is 9.04. The average Bonchev–Trinajstić information content (AvgIpc) is 2.41. The maximum atomic E-state index is 9.52. The molecular weight excluding hydrogens is 248 g/mol. The number of hydrogen-bond acceptors (Lipinski definition) is 4. The number of aliphatic imine (C=N–C) groups is 3. The van der Waals surface area contributed by atoms with Crippen LogP contribution in [0, 0.1) is 0 Å². The van der Waals surface area contributed by atoms with Gasteiger partial charge in [0.05, 0.1) is 12.9 Å². The molecule has 0 aliphatic carbocycles. The molecule has 4 N–H and O–H groups in total. The number of hydroxylamine groups is 2. The molecule has 0 bridgehead atoms. The molecule has 0 saturated carbocycles. The third-order valence-electron chi connectivity index (χ3n) is 1.94. The molecule has 110 valence electrons. The lowest BCUT2D eigenvalue weighted by Crippen LogP contribution is -2.42. The molecule has 0 saturated heterocycles. The summed E-state index contributed by atoms with van der Waals surface area (Å²) < 4.78 is 0. The van der Waals surface area contributed by atoms with Crippen molar-refractivity contribution in [3.63, 3.8) is 0 Å². The number of rotatable bonds is 5. The molecule has 0 fully saturated rings. The van der Waals surface area contributed by atoms with E-state index in [0.29, 0.717) is 24.2 Å². The van der Waals surface area contributed by atoms with E-state index in [1.54, 1.807) is 6.92 Å². The van der Waals surface area contributed by atoms with Gasteiger partial charge in [-0.25, -0.2) is 4.84 Å². The Morgan fingerprint density at radius 1 is 1.26 bits per heavy atom. The molecule has 0 rings (SSSR count). The van der Waals surface area contributed by atoms with E-state index in [1.807, 2.05) is 13.8 Å². The van der Waals surface area contributed by atoms with Crippen LogP contribution in [0.25, 0.3) is 0 Å². The molecule has 0 radical (unpaired) electrons. The highest BCUT2D eigenvalue weighted by atomic mass is 16.9. The summed E-state index contributed by atoms with van der Waals surface area (Å²) >= 11 is 0. The molecule has 0 aliphatic rings. The Bertz CT molecular complexity index is 340. The number of nitrogens with one attached hydrogen (secondary N) is 1. The normalized spacial score (nSPS) is 13.6. The molecule has 8 nitrogen and oxygen atoms in total. The van der Waals surface area contributed by atoms with Crippen LogP contribution in [0.5, 0.6) is 0 Å². The maximum absolute atomic E-state index is 9.52. The van der Waals surface area contributed by atoms with Gasteiger partial charge in [0.2, 0.25) is 5.96 Å². The van der Waals surface area contributed by atoms with Gasteiger partial charge in [0, 0.05) is 13.1 Å². The molecular formula is C11H24N6O2. The number of nitrogens with zero attached hydrogens (tertiary/aromatic N) is 4. The summed E-state index contributed by atoms with van der Waals surface area (Å²) in [5.41, 5.74) is 5.62. The van der Waals surface area contributed by atoms with Crippen molar-refractivity contribution in [2.24, 2.45) is 20.7 Å². The Morgan fingerprint density at radius 2 is 1.84 bits per heavy atom. The minimum Gasteiger partial charge on any atom is -0.368 e. The quantitative estimate of drug-likeness (QED) is 0.388. The summed E-state index contributed by atoms with van der Waals surface area (Å²) in [6.07, 6.45) is 1.79. The third-order valence-corrected chi connectivity index (χ3v) is 1.94. The fraction of sp³-hybridized carbons (Fsp3) is 0.727. The van der Waals surface area contributed by atoms with Gasteiger partial charge in [0.25, 0.3) is 5.96 Å². The van der Waals surface area contributed by atoms with Gasteiger partial charge >= 0.3 is 0 Å². The molecule has 19 heavy (non-hydrogen) atoms. The highest BCUT2D eigenvalue weighted by molar-refractivity contribution is 6.02. The number of guanidine groups is 2. The van der Waals surface area contributed by atoms with Crippen molar-refractivity contribution in [3.05, 3.63) is 0 Å². The molecule has 0 spiro atoms. The van der Waals surface area contributed by atoms with E-state index in [9.17, 15) is 5.21 Å². The topological polar surface area (TPSA) is 108 Å². The molecule has 0 aromatic rings. The van der Waals surface area contributed by atoms with Crippen LogP contribution in [0.1, 0.15) is 33.6 Å². The molecule has 0 heterocycles. The SMILES string of the molecule is CCCN=C(N)N=C(NC(C)=NCCC)N(O)OC. The Kier molecular flexibility index (Phi) is 9.37. The predicted octanol–water partition coefficient (Wildman–Crippen LogP) is 0.738. The van der Waals surface area contributed by atoms with E-state index in [4.69, 9.17) is 5.73 Å². The second-order valence-electron chi connectivity index (χ2n) is 3.72. The van der Waals surface area contributed by atoms with Gasteiger partial charge in [0.1, 0.15) is 0 Å².